The molecule has 2 heterocycles. The van der Waals surface area contributed by atoms with Crippen molar-refractivity contribution in [3.8, 4) is 0 Å². The number of sulfonamides is 1. The number of fused-ring (bicyclic) bond motifs is 1. The molecule has 4 rings (SSSR count). The van der Waals surface area contributed by atoms with E-state index in [-0.39, 0.29) is 16.0 Å². The number of carbonyl (C=O) groups excluding carboxylic acids is 1. The minimum atomic E-state index is -4.14. The standard InChI is InChI=1S/C24H27N5O3S/c1-15-8-6-9-16(2)18(15)14-29-20(12-22(27-29)24(3,4)5)23(30)28-33(31,32)21-11-7-10-19-17(21)13-25-26-19/h6-13H,14H2,1-5H3,(H,25,26)(H,28,30). The van der Waals surface area contributed by atoms with Crippen molar-refractivity contribution in [2.45, 2.75) is 51.5 Å². The van der Waals surface area contributed by atoms with Gasteiger partial charge in [-0.2, -0.15) is 10.2 Å². The van der Waals surface area contributed by atoms with Crippen LogP contribution in [0.15, 0.2) is 53.6 Å². The Bertz CT molecular complexity index is 1440. The minimum Gasteiger partial charge on any atom is -0.278 e. The van der Waals surface area contributed by atoms with Crippen LogP contribution in [0.5, 0.6) is 0 Å². The lowest BCUT2D eigenvalue weighted by Gasteiger charge is -2.15. The van der Waals surface area contributed by atoms with E-state index in [9.17, 15) is 13.2 Å². The molecule has 0 bridgehead atoms. The Morgan fingerprint density at radius 1 is 1.09 bits per heavy atom. The van der Waals surface area contributed by atoms with E-state index in [4.69, 9.17) is 0 Å². The molecule has 2 aromatic heterocycles. The molecule has 4 aromatic rings. The van der Waals surface area contributed by atoms with Gasteiger partial charge in [0.2, 0.25) is 0 Å². The number of benzene rings is 2. The summed E-state index contributed by atoms with van der Waals surface area (Å²) in [5, 5.41) is 11.7. The van der Waals surface area contributed by atoms with Crippen molar-refractivity contribution in [3.63, 3.8) is 0 Å². The molecule has 0 saturated carbocycles. The molecule has 172 valence electrons. The molecule has 0 saturated heterocycles. The molecule has 0 radical (unpaired) electrons. The highest BCUT2D eigenvalue weighted by Gasteiger charge is 2.27. The molecule has 9 heteroatoms. The maximum atomic E-state index is 13.3. The number of aromatic nitrogens is 4. The molecule has 0 spiro atoms. The number of hydrogen-bond acceptors (Lipinski definition) is 5. The number of H-pyrrole nitrogens is 1. The third-order valence-corrected chi connectivity index (χ3v) is 7.08. The first-order valence-corrected chi connectivity index (χ1v) is 12.1. The van der Waals surface area contributed by atoms with E-state index in [0.717, 1.165) is 16.7 Å². The van der Waals surface area contributed by atoms with Gasteiger partial charge in [0, 0.05) is 10.8 Å². The molecule has 33 heavy (non-hydrogen) atoms. The van der Waals surface area contributed by atoms with E-state index in [2.05, 4.69) is 20.0 Å². The zero-order valence-corrected chi connectivity index (χ0v) is 20.1. The van der Waals surface area contributed by atoms with Crippen LogP contribution >= 0.6 is 0 Å². The van der Waals surface area contributed by atoms with Crippen molar-refractivity contribution in [2.75, 3.05) is 0 Å². The van der Waals surface area contributed by atoms with E-state index in [0.29, 0.717) is 23.1 Å². The topological polar surface area (TPSA) is 110 Å². The van der Waals surface area contributed by atoms with Crippen LogP contribution in [0.1, 0.15) is 53.6 Å². The lowest BCUT2D eigenvalue weighted by Crippen LogP contribution is -2.32. The Kier molecular flexibility index (Phi) is 5.61. The highest BCUT2D eigenvalue weighted by Crippen LogP contribution is 2.25. The second kappa shape index (κ2) is 8.15. The summed E-state index contributed by atoms with van der Waals surface area (Å²) in [5.41, 5.74) is 4.34. The van der Waals surface area contributed by atoms with Crippen LogP contribution in [-0.2, 0) is 22.0 Å². The van der Waals surface area contributed by atoms with Gasteiger partial charge in [-0.3, -0.25) is 14.6 Å². The zero-order chi connectivity index (χ0) is 24.0. The Labute approximate surface area is 193 Å². The van der Waals surface area contributed by atoms with Gasteiger partial charge < -0.3 is 0 Å². The summed E-state index contributed by atoms with van der Waals surface area (Å²) >= 11 is 0. The summed E-state index contributed by atoms with van der Waals surface area (Å²) in [5.74, 6) is -0.732. The van der Waals surface area contributed by atoms with Gasteiger partial charge >= 0.3 is 0 Å². The molecule has 0 aliphatic rings. The van der Waals surface area contributed by atoms with Crippen LogP contribution in [0.2, 0.25) is 0 Å². The summed E-state index contributed by atoms with van der Waals surface area (Å²) in [4.78, 5) is 13.2. The van der Waals surface area contributed by atoms with E-state index in [1.165, 1.54) is 12.3 Å². The number of aryl methyl sites for hydroxylation is 2. The number of amides is 1. The van der Waals surface area contributed by atoms with Gasteiger partial charge in [0.25, 0.3) is 15.9 Å². The van der Waals surface area contributed by atoms with Gasteiger partial charge in [-0.15, -0.1) is 0 Å². The number of hydrogen-bond donors (Lipinski definition) is 2. The molecule has 0 atom stereocenters. The second-order valence-electron chi connectivity index (χ2n) is 9.21. The van der Waals surface area contributed by atoms with Crippen LogP contribution in [0.25, 0.3) is 10.9 Å². The monoisotopic (exact) mass is 465 g/mol. The Balaban J connectivity index is 1.74. The summed E-state index contributed by atoms with van der Waals surface area (Å²) in [7, 11) is -4.14. The van der Waals surface area contributed by atoms with Gasteiger partial charge in [-0.25, -0.2) is 13.1 Å². The average Bonchev–Trinajstić information content (AvgIpc) is 3.37. The summed E-state index contributed by atoms with van der Waals surface area (Å²) in [6.07, 6.45) is 1.43. The number of nitrogens with one attached hydrogen (secondary N) is 2. The normalized spacial score (nSPS) is 12.3. The second-order valence-corrected chi connectivity index (χ2v) is 10.9. The molecular formula is C24H27N5O3S. The average molecular weight is 466 g/mol. The van der Waals surface area contributed by atoms with E-state index in [1.807, 2.05) is 52.8 Å². The Hall–Kier alpha value is -3.46. The molecule has 1 amide bonds. The van der Waals surface area contributed by atoms with Crippen molar-refractivity contribution >= 4 is 26.8 Å². The first-order chi connectivity index (χ1) is 15.5. The Morgan fingerprint density at radius 2 is 1.76 bits per heavy atom. The van der Waals surface area contributed by atoms with E-state index < -0.39 is 15.9 Å². The molecule has 8 nitrogen and oxygen atoms in total. The van der Waals surface area contributed by atoms with Crippen LogP contribution in [0.3, 0.4) is 0 Å². The molecule has 0 aliphatic carbocycles. The molecule has 0 unspecified atom stereocenters. The lowest BCUT2D eigenvalue weighted by atomic mass is 9.92. The van der Waals surface area contributed by atoms with Crippen molar-refractivity contribution in [2.24, 2.45) is 0 Å². The smallest absolute Gasteiger partial charge is 0.278 e. The number of aromatic amines is 1. The van der Waals surface area contributed by atoms with Crippen molar-refractivity contribution in [3.05, 3.63) is 76.7 Å². The van der Waals surface area contributed by atoms with Crippen LogP contribution < -0.4 is 4.72 Å². The fourth-order valence-electron chi connectivity index (χ4n) is 3.74. The predicted molar refractivity (Wildman–Crippen MR) is 127 cm³/mol. The van der Waals surface area contributed by atoms with Crippen molar-refractivity contribution in [1.29, 1.82) is 0 Å². The molecule has 2 aromatic carbocycles. The van der Waals surface area contributed by atoms with Gasteiger partial charge in [0.15, 0.2) is 0 Å². The van der Waals surface area contributed by atoms with Gasteiger partial charge in [0.1, 0.15) is 5.69 Å². The molecule has 0 fully saturated rings. The number of carbonyl (C=O) groups is 1. The third kappa shape index (κ3) is 4.41. The van der Waals surface area contributed by atoms with E-state index in [1.54, 1.807) is 22.9 Å². The summed E-state index contributed by atoms with van der Waals surface area (Å²) < 4.78 is 30.0. The van der Waals surface area contributed by atoms with Crippen molar-refractivity contribution < 1.29 is 13.2 Å². The largest absolute Gasteiger partial charge is 0.283 e. The summed E-state index contributed by atoms with van der Waals surface area (Å²) in [6, 6.07) is 12.4. The van der Waals surface area contributed by atoms with Crippen LogP contribution in [-0.4, -0.2) is 34.3 Å². The van der Waals surface area contributed by atoms with Gasteiger partial charge in [-0.05, 0) is 48.7 Å². The first kappa shape index (κ1) is 22.7. The fraction of sp³-hybridized carbons (Fsp3) is 0.292. The third-order valence-electron chi connectivity index (χ3n) is 5.69. The van der Waals surface area contributed by atoms with Gasteiger partial charge in [-0.1, -0.05) is 45.0 Å². The maximum absolute atomic E-state index is 13.3. The highest BCUT2D eigenvalue weighted by molar-refractivity contribution is 7.90. The molecular weight excluding hydrogens is 438 g/mol. The minimum absolute atomic E-state index is 0.0149. The predicted octanol–water partition coefficient (Wildman–Crippen LogP) is 3.84. The Morgan fingerprint density at radius 3 is 2.42 bits per heavy atom. The number of rotatable bonds is 5. The number of nitrogens with zero attached hydrogens (tertiary/aromatic N) is 3. The fourth-order valence-corrected chi connectivity index (χ4v) is 4.91. The summed E-state index contributed by atoms with van der Waals surface area (Å²) in [6.45, 7) is 10.4. The maximum Gasteiger partial charge on any atom is 0.283 e. The van der Waals surface area contributed by atoms with Crippen LogP contribution in [0, 0.1) is 13.8 Å². The highest BCUT2D eigenvalue weighted by atomic mass is 32.2. The zero-order valence-electron chi connectivity index (χ0n) is 19.3. The van der Waals surface area contributed by atoms with Crippen molar-refractivity contribution in [1.82, 2.24) is 24.7 Å². The first-order valence-electron chi connectivity index (χ1n) is 10.6. The molecule has 0 aliphatic heterocycles. The van der Waals surface area contributed by atoms with E-state index >= 15 is 0 Å². The quantitative estimate of drug-likeness (QED) is 0.465. The van der Waals surface area contributed by atoms with Crippen LogP contribution in [0.4, 0.5) is 0 Å². The SMILES string of the molecule is Cc1cccc(C)c1Cn1nc(C(C)(C)C)cc1C(=O)NS(=O)(=O)c1cccc2[nH]ncc12. The van der Waals surface area contributed by atoms with Gasteiger partial charge in [0.05, 0.1) is 28.8 Å². The molecule has 2 N–H and O–H groups in total. The lowest BCUT2D eigenvalue weighted by molar-refractivity contribution is 0.0971.